The standard InChI is InChI=1S/C7H14O3/c1-2-3-4-6(5-8)7(9)10/h5,7-10H,2-4H2,1H3. The van der Waals surface area contributed by atoms with Crippen LogP contribution in [0.15, 0.2) is 11.8 Å². The van der Waals surface area contributed by atoms with Gasteiger partial charge < -0.3 is 15.3 Å². The van der Waals surface area contributed by atoms with Gasteiger partial charge >= 0.3 is 0 Å². The molecule has 0 aromatic carbocycles. The van der Waals surface area contributed by atoms with Crippen LogP contribution in [0.5, 0.6) is 0 Å². The summed E-state index contributed by atoms with van der Waals surface area (Å²) in [5, 5.41) is 25.6. The zero-order valence-corrected chi connectivity index (χ0v) is 6.12. The third-order valence-electron chi connectivity index (χ3n) is 1.32. The average Bonchev–Trinajstić information content (AvgIpc) is 1.89. The largest absolute Gasteiger partial charge is 0.515 e. The SMILES string of the molecule is CCCCC(=CO)C(O)O. The van der Waals surface area contributed by atoms with Crippen molar-refractivity contribution in [2.75, 3.05) is 0 Å². The molecule has 0 spiro atoms. The smallest absolute Gasteiger partial charge is 0.177 e. The van der Waals surface area contributed by atoms with Crippen molar-refractivity contribution in [3.05, 3.63) is 11.8 Å². The number of hydrogen-bond acceptors (Lipinski definition) is 3. The first-order chi connectivity index (χ1) is 4.72. The van der Waals surface area contributed by atoms with Crippen LogP contribution in [0.2, 0.25) is 0 Å². The van der Waals surface area contributed by atoms with E-state index in [0.29, 0.717) is 6.42 Å². The molecule has 3 N–H and O–H groups in total. The van der Waals surface area contributed by atoms with Gasteiger partial charge in [-0.2, -0.15) is 0 Å². The molecule has 0 rings (SSSR count). The Morgan fingerprint density at radius 3 is 2.40 bits per heavy atom. The minimum absolute atomic E-state index is 0.279. The minimum Gasteiger partial charge on any atom is -0.515 e. The molecular weight excluding hydrogens is 132 g/mol. The first-order valence-electron chi connectivity index (χ1n) is 3.41. The van der Waals surface area contributed by atoms with Gasteiger partial charge in [0.15, 0.2) is 6.29 Å². The molecule has 0 aliphatic rings. The molecule has 3 heteroatoms. The van der Waals surface area contributed by atoms with Crippen LogP contribution in [-0.4, -0.2) is 21.6 Å². The maximum absolute atomic E-state index is 8.57. The lowest BCUT2D eigenvalue weighted by Crippen LogP contribution is -2.08. The molecule has 0 atom stereocenters. The summed E-state index contributed by atoms with van der Waals surface area (Å²) in [5.41, 5.74) is 0.279. The molecule has 0 fully saturated rings. The fourth-order valence-corrected chi connectivity index (χ4v) is 0.641. The highest BCUT2D eigenvalue weighted by molar-refractivity contribution is 4.99. The fourth-order valence-electron chi connectivity index (χ4n) is 0.641. The van der Waals surface area contributed by atoms with E-state index in [0.717, 1.165) is 19.1 Å². The lowest BCUT2D eigenvalue weighted by Gasteiger charge is -2.05. The number of aliphatic hydroxyl groups is 3. The third kappa shape index (κ3) is 3.48. The maximum atomic E-state index is 8.57. The molecule has 0 aromatic rings. The first-order valence-corrected chi connectivity index (χ1v) is 3.41. The summed E-state index contributed by atoms with van der Waals surface area (Å²) in [5.74, 6) is 0. The highest BCUT2D eigenvalue weighted by Crippen LogP contribution is 2.08. The van der Waals surface area contributed by atoms with Crippen LogP contribution in [0, 0.1) is 0 Å². The average molecular weight is 146 g/mol. The van der Waals surface area contributed by atoms with E-state index in [1.165, 1.54) is 0 Å². The number of aliphatic hydroxyl groups excluding tert-OH is 2. The van der Waals surface area contributed by atoms with Crippen LogP contribution < -0.4 is 0 Å². The molecule has 0 bridgehead atoms. The van der Waals surface area contributed by atoms with E-state index in [4.69, 9.17) is 15.3 Å². The fraction of sp³-hybridized carbons (Fsp3) is 0.714. The predicted octanol–water partition coefficient (Wildman–Crippen LogP) is 0.929. The molecular formula is C7H14O3. The third-order valence-corrected chi connectivity index (χ3v) is 1.32. The molecule has 0 unspecified atom stereocenters. The van der Waals surface area contributed by atoms with Crippen molar-refractivity contribution >= 4 is 0 Å². The lowest BCUT2D eigenvalue weighted by molar-refractivity contribution is -0.0121. The summed E-state index contributed by atoms with van der Waals surface area (Å²) in [6.07, 6.45) is 1.65. The van der Waals surface area contributed by atoms with Gasteiger partial charge in [0.2, 0.25) is 0 Å². The van der Waals surface area contributed by atoms with Crippen LogP contribution in [0.25, 0.3) is 0 Å². The highest BCUT2D eigenvalue weighted by atomic mass is 16.5. The van der Waals surface area contributed by atoms with Crippen molar-refractivity contribution in [3.63, 3.8) is 0 Å². The van der Waals surface area contributed by atoms with E-state index in [-0.39, 0.29) is 5.57 Å². The van der Waals surface area contributed by atoms with E-state index in [9.17, 15) is 0 Å². The Labute approximate surface area is 60.6 Å². The minimum atomic E-state index is -1.50. The first kappa shape index (κ1) is 9.46. The molecule has 0 amide bonds. The Morgan fingerprint density at radius 2 is 2.10 bits per heavy atom. The zero-order chi connectivity index (χ0) is 7.98. The van der Waals surface area contributed by atoms with Crippen molar-refractivity contribution in [1.29, 1.82) is 0 Å². The number of hydrogen-bond donors (Lipinski definition) is 3. The van der Waals surface area contributed by atoms with Crippen molar-refractivity contribution in [2.45, 2.75) is 32.5 Å². The Hall–Kier alpha value is -0.540. The van der Waals surface area contributed by atoms with E-state index >= 15 is 0 Å². The normalized spacial score (nSPS) is 12.6. The van der Waals surface area contributed by atoms with Crippen LogP contribution in [0.1, 0.15) is 26.2 Å². The number of rotatable bonds is 4. The van der Waals surface area contributed by atoms with Crippen LogP contribution in [0.4, 0.5) is 0 Å². The van der Waals surface area contributed by atoms with Crippen molar-refractivity contribution in [3.8, 4) is 0 Å². The Bertz CT molecular complexity index is 107. The van der Waals surface area contributed by atoms with Gasteiger partial charge in [0.1, 0.15) is 0 Å². The molecule has 0 radical (unpaired) electrons. The van der Waals surface area contributed by atoms with Gasteiger partial charge in [-0.05, 0) is 12.8 Å². The molecule has 0 heterocycles. The molecule has 0 aliphatic heterocycles. The van der Waals surface area contributed by atoms with Crippen molar-refractivity contribution in [1.82, 2.24) is 0 Å². The summed E-state index contributed by atoms with van der Waals surface area (Å²) < 4.78 is 0. The van der Waals surface area contributed by atoms with Gasteiger partial charge in [0, 0.05) is 5.57 Å². The predicted molar refractivity (Wildman–Crippen MR) is 38.5 cm³/mol. The quantitative estimate of drug-likeness (QED) is 0.408. The molecule has 10 heavy (non-hydrogen) atoms. The second-order valence-electron chi connectivity index (χ2n) is 2.18. The molecule has 0 saturated carbocycles. The lowest BCUT2D eigenvalue weighted by atomic mass is 10.1. The maximum Gasteiger partial charge on any atom is 0.177 e. The van der Waals surface area contributed by atoms with Crippen LogP contribution in [0.3, 0.4) is 0 Å². The van der Waals surface area contributed by atoms with Crippen LogP contribution in [-0.2, 0) is 0 Å². The summed E-state index contributed by atoms with van der Waals surface area (Å²) >= 11 is 0. The monoisotopic (exact) mass is 146 g/mol. The Morgan fingerprint density at radius 1 is 1.50 bits per heavy atom. The molecule has 60 valence electrons. The van der Waals surface area contributed by atoms with Gasteiger partial charge in [0.25, 0.3) is 0 Å². The van der Waals surface area contributed by atoms with Crippen molar-refractivity contribution < 1.29 is 15.3 Å². The van der Waals surface area contributed by atoms with Gasteiger partial charge in [-0.1, -0.05) is 13.3 Å². The highest BCUT2D eigenvalue weighted by Gasteiger charge is 2.04. The second-order valence-corrected chi connectivity index (χ2v) is 2.18. The second kappa shape index (κ2) is 5.26. The topological polar surface area (TPSA) is 60.7 Å². The van der Waals surface area contributed by atoms with Crippen molar-refractivity contribution in [2.24, 2.45) is 0 Å². The van der Waals surface area contributed by atoms with Gasteiger partial charge in [0.05, 0.1) is 6.26 Å². The van der Waals surface area contributed by atoms with E-state index in [2.05, 4.69) is 0 Å². The Kier molecular flexibility index (Phi) is 4.98. The van der Waals surface area contributed by atoms with Gasteiger partial charge in [-0.3, -0.25) is 0 Å². The molecule has 0 aromatic heterocycles. The van der Waals surface area contributed by atoms with E-state index in [1.54, 1.807) is 0 Å². The summed E-state index contributed by atoms with van der Waals surface area (Å²) in [6.45, 7) is 2.00. The molecule has 3 nitrogen and oxygen atoms in total. The summed E-state index contributed by atoms with van der Waals surface area (Å²) in [7, 11) is 0. The zero-order valence-electron chi connectivity index (χ0n) is 6.12. The molecule has 0 saturated heterocycles. The van der Waals surface area contributed by atoms with E-state index < -0.39 is 6.29 Å². The van der Waals surface area contributed by atoms with Gasteiger partial charge in [-0.15, -0.1) is 0 Å². The Balaban J connectivity index is 3.63. The van der Waals surface area contributed by atoms with Gasteiger partial charge in [-0.25, -0.2) is 0 Å². The number of unbranched alkanes of at least 4 members (excludes halogenated alkanes) is 1. The summed E-state index contributed by atoms with van der Waals surface area (Å²) in [4.78, 5) is 0. The van der Waals surface area contributed by atoms with Crippen LogP contribution >= 0.6 is 0 Å². The van der Waals surface area contributed by atoms with E-state index in [1.807, 2.05) is 6.92 Å². The summed E-state index contributed by atoms with van der Waals surface area (Å²) in [6, 6.07) is 0. The molecule has 0 aliphatic carbocycles.